The molecule has 0 fully saturated rings. The summed E-state index contributed by atoms with van der Waals surface area (Å²) in [6.45, 7) is 2.65. The molecule has 162 valence electrons. The van der Waals surface area contributed by atoms with Crippen molar-refractivity contribution in [1.29, 1.82) is 0 Å². The van der Waals surface area contributed by atoms with Crippen molar-refractivity contribution in [3.8, 4) is 11.4 Å². The molecule has 0 saturated heterocycles. The molecular formula is C22H25N5O4. The van der Waals surface area contributed by atoms with Crippen molar-refractivity contribution in [3.05, 3.63) is 76.0 Å². The average molecular weight is 423 g/mol. The van der Waals surface area contributed by atoms with Gasteiger partial charge in [-0.1, -0.05) is 0 Å². The third-order valence-electron chi connectivity index (χ3n) is 4.79. The Labute approximate surface area is 179 Å². The summed E-state index contributed by atoms with van der Waals surface area (Å²) in [6.07, 6.45) is 2.06. The molecule has 0 spiro atoms. The summed E-state index contributed by atoms with van der Waals surface area (Å²) < 4.78 is 8.17. The molecule has 1 aromatic carbocycles. The summed E-state index contributed by atoms with van der Waals surface area (Å²) >= 11 is 0. The Morgan fingerprint density at radius 1 is 1.03 bits per heavy atom. The number of pyridine rings is 1. The summed E-state index contributed by atoms with van der Waals surface area (Å²) in [5, 5.41) is 9.70. The second-order valence-electron chi connectivity index (χ2n) is 6.98. The van der Waals surface area contributed by atoms with E-state index in [0.29, 0.717) is 42.2 Å². The summed E-state index contributed by atoms with van der Waals surface area (Å²) in [4.78, 5) is 36.7. The van der Waals surface area contributed by atoms with Crippen LogP contribution in [0.15, 0.2) is 53.5 Å². The van der Waals surface area contributed by atoms with E-state index in [0.717, 1.165) is 5.69 Å². The number of amides is 2. The number of ether oxygens (including phenoxy) is 1. The van der Waals surface area contributed by atoms with Gasteiger partial charge in [-0.25, -0.2) is 0 Å². The molecular weight excluding hydrogens is 398 g/mol. The lowest BCUT2D eigenvalue weighted by Crippen LogP contribution is -2.30. The monoisotopic (exact) mass is 423 g/mol. The Bertz CT molecular complexity index is 1110. The van der Waals surface area contributed by atoms with Crippen LogP contribution in [0.2, 0.25) is 0 Å². The molecule has 9 heteroatoms. The van der Waals surface area contributed by atoms with Gasteiger partial charge in [0.15, 0.2) is 0 Å². The zero-order chi connectivity index (χ0) is 22.4. The second kappa shape index (κ2) is 9.75. The highest BCUT2D eigenvalue weighted by Gasteiger charge is 2.11. The van der Waals surface area contributed by atoms with E-state index in [4.69, 9.17) is 4.74 Å². The SMILES string of the molecule is COc1ccc(-n2cc(C(=O)NCCCNC(=O)c3cc(C)n(C)n3)ccc2=O)cc1. The number of benzene rings is 1. The zero-order valence-electron chi connectivity index (χ0n) is 17.7. The fourth-order valence-corrected chi connectivity index (χ4v) is 2.92. The molecule has 0 atom stereocenters. The van der Waals surface area contributed by atoms with Crippen LogP contribution in [0.5, 0.6) is 5.75 Å². The van der Waals surface area contributed by atoms with Gasteiger partial charge in [-0.2, -0.15) is 5.10 Å². The van der Waals surface area contributed by atoms with Gasteiger partial charge < -0.3 is 15.4 Å². The number of methoxy groups -OCH3 is 1. The molecule has 0 aliphatic carbocycles. The van der Waals surface area contributed by atoms with E-state index in [-0.39, 0.29) is 17.4 Å². The van der Waals surface area contributed by atoms with Crippen LogP contribution in [0, 0.1) is 6.92 Å². The summed E-state index contributed by atoms with van der Waals surface area (Å²) in [7, 11) is 3.34. The first kappa shape index (κ1) is 21.8. The topological polar surface area (TPSA) is 107 Å². The summed E-state index contributed by atoms with van der Waals surface area (Å²) in [5.74, 6) is 0.131. The Hall–Kier alpha value is -3.88. The molecule has 0 radical (unpaired) electrons. The molecule has 2 amide bonds. The molecule has 0 aliphatic rings. The molecule has 3 rings (SSSR count). The molecule has 0 bridgehead atoms. The first-order valence-electron chi connectivity index (χ1n) is 9.83. The smallest absolute Gasteiger partial charge is 0.271 e. The lowest BCUT2D eigenvalue weighted by molar-refractivity contribution is 0.0947. The average Bonchev–Trinajstić information content (AvgIpc) is 3.12. The van der Waals surface area contributed by atoms with E-state index in [2.05, 4.69) is 15.7 Å². The largest absolute Gasteiger partial charge is 0.497 e. The van der Waals surface area contributed by atoms with Crippen LogP contribution >= 0.6 is 0 Å². The lowest BCUT2D eigenvalue weighted by atomic mass is 10.2. The second-order valence-corrected chi connectivity index (χ2v) is 6.98. The highest BCUT2D eigenvalue weighted by molar-refractivity contribution is 5.94. The zero-order valence-corrected chi connectivity index (χ0v) is 17.7. The van der Waals surface area contributed by atoms with Crippen molar-refractivity contribution in [2.45, 2.75) is 13.3 Å². The highest BCUT2D eigenvalue weighted by Crippen LogP contribution is 2.14. The molecule has 31 heavy (non-hydrogen) atoms. The van der Waals surface area contributed by atoms with Crippen molar-refractivity contribution < 1.29 is 14.3 Å². The molecule has 3 aromatic rings. The first-order chi connectivity index (χ1) is 14.9. The fraction of sp³-hybridized carbons (Fsp3) is 0.273. The Balaban J connectivity index is 1.52. The quantitative estimate of drug-likeness (QED) is 0.533. The molecule has 2 aromatic heterocycles. The third-order valence-corrected chi connectivity index (χ3v) is 4.79. The van der Waals surface area contributed by atoms with E-state index in [1.807, 2.05) is 6.92 Å². The number of hydrogen-bond acceptors (Lipinski definition) is 5. The van der Waals surface area contributed by atoms with Crippen molar-refractivity contribution in [1.82, 2.24) is 25.0 Å². The van der Waals surface area contributed by atoms with Gasteiger partial charge in [-0.15, -0.1) is 0 Å². The lowest BCUT2D eigenvalue weighted by Gasteiger charge is -2.10. The maximum absolute atomic E-state index is 12.5. The predicted octanol–water partition coefficient (Wildman–Crippen LogP) is 1.44. The number of nitrogens with zero attached hydrogens (tertiary/aromatic N) is 3. The van der Waals surface area contributed by atoms with Crippen LogP contribution in [0.4, 0.5) is 0 Å². The number of rotatable bonds is 8. The number of carbonyl (C=O) groups is 2. The molecule has 2 heterocycles. The number of hydrogen-bond donors (Lipinski definition) is 2. The van der Waals surface area contributed by atoms with Crippen molar-refractivity contribution >= 4 is 11.8 Å². The Morgan fingerprint density at radius 3 is 2.32 bits per heavy atom. The van der Waals surface area contributed by atoms with Gasteiger partial charge in [-0.3, -0.25) is 23.6 Å². The van der Waals surface area contributed by atoms with Gasteiger partial charge in [-0.05, 0) is 49.7 Å². The standard InChI is InChI=1S/C22H25N5O4/c1-15-13-19(25-26(15)2)22(30)24-12-4-11-23-21(29)16-5-10-20(28)27(14-16)17-6-8-18(31-3)9-7-17/h5-10,13-14H,4,11-12H2,1-3H3,(H,23,29)(H,24,30). The summed E-state index contributed by atoms with van der Waals surface area (Å²) in [5.41, 5.74) is 2.02. The molecule has 2 N–H and O–H groups in total. The number of nitrogens with one attached hydrogen (secondary N) is 2. The van der Waals surface area contributed by atoms with Crippen molar-refractivity contribution in [2.24, 2.45) is 7.05 Å². The maximum atomic E-state index is 12.5. The number of aromatic nitrogens is 3. The summed E-state index contributed by atoms with van der Waals surface area (Å²) in [6, 6.07) is 11.5. The van der Waals surface area contributed by atoms with Gasteiger partial charge in [0.1, 0.15) is 11.4 Å². The number of aryl methyl sites for hydroxylation is 2. The van der Waals surface area contributed by atoms with E-state index >= 15 is 0 Å². The van der Waals surface area contributed by atoms with E-state index < -0.39 is 0 Å². The molecule has 0 aliphatic heterocycles. The fourth-order valence-electron chi connectivity index (χ4n) is 2.92. The first-order valence-corrected chi connectivity index (χ1v) is 9.83. The van der Waals surface area contributed by atoms with Crippen molar-refractivity contribution in [2.75, 3.05) is 20.2 Å². The molecule has 0 saturated carbocycles. The van der Waals surface area contributed by atoms with Crippen LogP contribution in [0.3, 0.4) is 0 Å². The van der Waals surface area contributed by atoms with E-state index in [9.17, 15) is 14.4 Å². The van der Waals surface area contributed by atoms with E-state index in [1.165, 1.54) is 22.9 Å². The van der Waals surface area contributed by atoms with Crippen LogP contribution in [0.25, 0.3) is 5.69 Å². The predicted molar refractivity (Wildman–Crippen MR) is 116 cm³/mol. The van der Waals surface area contributed by atoms with Crippen LogP contribution < -0.4 is 20.9 Å². The van der Waals surface area contributed by atoms with Gasteiger partial charge >= 0.3 is 0 Å². The number of carbonyl (C=O) groups excluding carboxylic acids is 2. The maximum Gasteiger partial charge on any atom is 0.271 e. The van der Waals surface area contributed by atoms with E-state index in [1.54, 1.807) is 49.2 Å². The highest BCUT2D eigenvalue weighted by atomic mass is 16.5. The van der Waals surface area contributed by atoms with Gasteiger partial charge in [0.05, 0.1) is 12.7 Å². The molecule has 0 unspecified atom stereocenters. The normalized spacial score (nSPS) is 10.5. The Kier molecular flexibility index (Phi) is 6.86. The Morgan fingerprint density at radius 2 is 1.71 bits per heavy atom. The molecule has 9 nitrogen and oxygen atoms in total. The third kappa shape index (κ3) is 5.39. The van der Waals surface area contributed by atoms with Crippen LogP contribution in [0.1, 0.15) is 33.0 Å². The minimum Gasteiger partial charge on any atom is -0.497 e. The van der Waals surface area contributed by atoms with Gasteiger partial charge in [0.25, 0.3) is 17.4 Å². The van der Waals surface area contributed by atoms with Crippen LogP contribution in [-0.2, 0) is 7.05 Å². The van der Waals surface area contributed by atoms with Crippen molar-refractivity contribution in [3.63, 3.8) is 0 Å². The van der Waals surface area contributed by atoms with Gasteiger partial charge in [0.2, 0.25) is 0 Å². The van der Waals surface area contributed by atoms with Crippen LogP contribution in [-0.4, -0.2) is 46.4 Å². The minimum atomic E-state index is -0.297. The minimum absolute atomic E-state index is 0.241. The van der Waals surface area contributed by atoms with Gasteiger partial charge in [0, 0.05) is 43.8 Å².